The largest absolute Gasteiger partial charge is 0.489 e. The third kappa shape index (κ3) is 3.35. The lowest BCUT2D eigenvalue weighted by molar-refractivity contribution is -0.154. The first-order chi connectivity index (χ1) is 10.7. The molecule has 0 spiro atoms. The summed E-state index contributed by atoms with van der Waals surface area (Å²) < 4.78 is 17.6. The molecule has 0 amide bonds. The van der Waals surface area contributed by atoms with Crippen molar-refractivity contribution in [2.24, 2.45) is 0 Å². The molecule has 1 aliphatic heterocycles. The summed E-state index contributed by atoms with van der Waals surface area (Å²) in [4.78, 5) is 0. The normalized spacial score (nSPS) is 24.4. The van der Waals surface area contributed by atoms with Crippen LogP contribution < -0.4 is 4.74 Å². The van der Waals surface area contributed by atoms with Crippen molar-refractivity contribution in [3.05, 3.63) is 65.7 Å². The van der Waals surface area contributed by atoms with E-state index < -0.39 is 5.79 Å². The summed E-state index contributed by atoms with van der Waals surface area (Å²) >= 11 is 3.50. The molecule has 1 fully saturated rings. The van der Waals surface area contributed by atoms with Crippen LogP contribution in [-0.2, 0) is 21.9 Å². The Morgan fingerprint density at radius 2 is 1.86 bits per heavy atom. The lowest BCUT2D eigenvalue weighted by Crippen LogP contribution is -2.29. The molecule has 0 N–H and O–H groups in total. The van der Waals surface area contributed by atoms with Crippen LogP contribution in [0.2, 0.25) is 0 Å². The van der Waals surface area contributed by atoms with Crippen LogP contribution in [0, 0.1) is 0 Å². The third-order valence-electron chi connectivity index (χ3n) is 3.66. The zero-order chi connectivity index (χ0) is 15.4. The molecular formula is C18H19BrO3. The summed E-state index contributed by atoms with van der Waals surface area (Å²) in [7, 11) is 0. The van der Waals surface area contributed by atoms with Crippen LogP contribution >= 0.6 is 15.9 Å². The van der Waals surface area contributed by atoms with E-state index >= 15 is 0 Å². The van der Waals surface area contributed by atoms with Crippen molar-refractivity contribution >= 4 is 15.9 Å². The fourth-order valence-electron chi connectivity index (χ4n) is 2.49. The van der Waals surface area contributed by atoms with Crippen LogP contribution in [0.3, 0.4) is 0 Å². The molecule has 0 aromatic heterocycles. The van der Waals surface area contributed by atoms with Crippen LogP contribution in [0.25, 0.3) is 0 Å². The molecule has 2 aromatic carbocycles. The monoisotopic (exact) mass is 362 g/mol. The van der Waals surface area contributed by atoms with Crippen LogP contribution in [0.5, 0.6) is 5.75 Å². The second-order valence-electron chi connectivity index (χ2n) is 5.42. The average molecular weight is 363 g/mol. The Hall–Kier alpha value is -1.36. The highest BCUT2D eigenvalue weighted by atomic mass is 79.9. The van der Waals surface area contributed by atoms with Gasteiger partial charge < -0.3 is 14.2 Å². The minimum Gasteiger partial charge on any atom is -0.489 e. The Balaban J connectivity index is 1.67. The van der Waals surface area contributed by atoms with Crippen LogP contribution in [0.4, 0.5) is 0 Å². The zero-order valence-electron chi connectivity index (χ0n) is 12.5. The van der Waals surface area contributed by atoms with Crippen molar-refractivity contribution in [1.82, 2.24) is 0 Å². The number of rotatable bonds is 5. The van der Waals surface area contributed by atoms with Gasteiger partial charge in [-0.1, -0.05) is 46.3 Å². The van der Waals surface area contributed by atoms with Crippen molar-refractivity contribution in [3.8, 4) is 5.75 Å². The molecule has 2 atom stereocenters. The Labute approximate surface area is 139 Å². The Morgan fingerprint density at radius 1 is 1.14 bits per heavy atom. The van der Waals surface area contributed by atoms with Gasteiger partial charge in [0, 0.05) is 5.56 Å². The van der Waals surface area contributed by atoms with Crippen molar-refractivity contribution in [2.75, 3.05) is 11.9 Å². The number of benzene rings is 2. The van der Waals surface area contributed by atoms with Crippen LogP contribution in [0.15, 0.2) is 54.6 Å². The molecule has 1 saturated heterocycles. The van der Waals surface area contributed by atoms with Crippen molar-refractivity contribution in [1.29, 1.82) is 0 Å². The minimum absolute atomic E-state index is 0.103. The quantitative estimate of drug-likeness (QED) is 0.744. The van der Waals surface area contributed by atoms with E-state index in [1.54, 1.807) is 0 Å². The smallest absolute Gasteiger partial charge is 0.205 e. The molecule has 3 rings (SSSR count). The van der Waals surface area contributed by atoms with Gasteiger partial charge in [0.05, 0.1) is 18.0 Å². The topological polar surface area (TPSA) is 27.7 Å². The second kappa shape index (κ2) is 6.82. The van der Waals surface area contributed by atoms with Gasteiger partial charge in [0.1, 0.15) is 12.4 Å². The van der Waals surface area contributed by atoms with E-state index in [1.165, 1.54) is 0 Å². The van der Waals surface area contributed by atoms with Gasteiger partial charge in [-0.3, -0.25) is 0 Å². The highest BCUT2D eigenvalue weighted by Gasteiger charge is 2.40. The van der Waals surface area contributed by atoms with Gasteiger partial charge in [-0.25, -0.2) is 0 Å². The SMILES string of the molecule is CC1COC(CBr)(c2ccc(OCc3ccccc3)cc2)O1. The Kier molecular flexibility index (Phi) is 4.81. The fourth-order valence-corrected chi connectivity index (χ4v) is 3.11. The summed E-state index contributed by atoms with van der Waals surface area (Å²) in [6, 6.07) is 18.0. The number of halogens is 1. The predicted molar refractivity (Wildman–Crippen MR) is 89.2 cm³/mol. The number of hydrogen-bond donors (Lipinski definition) is 0. The molecule has 0 radical (unpaired) electrons. The molecule has 2 unspecified atom stereocenters. The number of hydrogen-bond acceptors (Lipinski definition) is 3. The van der Waals surface area contributed by atoms with E-state index in [2.05, 4.69) is 28.1 Å². The van der Waals surface area contributed by atoms with Gasteiger partial charge in [0.2, 0.25) is 5.79 Å². The third-order valence-corrected chi connectivity index (χ3v) is 4.40. The maximum Gasteiger partial charge on any atom is 0.205 e. The van der Waals surface area contributed by atoms with Crippen molar-refractivity contribution in [2.45, 2.75) is 25.4 Å². The first-order valence-corrected chi connectivity index (χ1v) is 8.49. The molecule has 0 bridgehead atoms. The summed E-state index contributed by atoms with van der Waals surface area (Å²) in [5, 5.41) is 0.606. The summed E-state index contributed by atoms with van der Waals surface area (Å²) in [5.74, 6) is 0.153. The van der Waals surface area contributed by atoms with Gasteiger partial charge in [-0.2, -0.15) is 0 Å². The molecule has 2 aromatic rings. The molecule has 0 saturated carbocycles. The standard InChI is InChI=1S/C18H19BrO3/c1-14-11-21-18(13-19,22-14)16-7-9-17(10-8-16)20-12-15-5-3-2-4-6-15/h2-10,14H,11-13H2,1H3. The second-order valence-corrected chi connectivity index (χ2v) is 5.99. The van der Waals surface area contributed by atoms with E-state index in [0.29, 0.717) is 18.5 Å². The van der Waals surface area contributed by atoms with Gasteiger partial charge in [-0.05, 0) is 36.8 Å². The number of alkyl halides is 1. The van der Waals surface area contributed by atoms with E-state index in [9.17, 15) is 0 Å². The molecule has 22 heavy (non-hydrogen) atoms. The Bertz CT molecular complexity index is 599. The van der Waals surface area contributed by atoms with Crippen molar-refractivity contribution in [3.63, 3.8) is 0 Å². The fraction of sp³-hybridized carbons (Fsp3) is 0.333. The first-order valence-electron chi connectivity index (χ1n) is 7.37. The lowest BCUT2D eigenvalue weighted by Gasteiger charge is -2.26. The van der Waals surface area contributed by atoms with Crippen LogP contribution in [-0.4, -0.2) is 18.0 Å². The zero-order valence-corrected chi connectivity index (χ0v) is 14.1. The lowest BCUT2D eigenvalue weighted by atomic mass is 10.1. The maximum absolute atomic E-state index is 5.94. The summed E-state index contributed by atoms with van der Waals surface area (Å²) in [6.45, 7) is 3.19. The van der Waals surface area contributed by atoms with E-state index in [0.717, 1.165) is 16.9 Å². The van der Waals surface area contributed by atoms with E-state index in [1.807, 2.05) is 49.4 Å². The van der Waals surface area contributed by atoms with Crippen molar-refractivity contribution < 1.29 is 14.2 Å². The van der Waals surface area contributed by atoms with Gasteiger partial charge >= 0.3 is 0 Å². The highest BCUT2D eigenvalue weighted by Crippen LogP contribution is 2.36. The minimum atomic E-state index is -0.683. The average Bonchev–Trinajstić information content (AvgIpc) is 2.97. The van der Waals surface area contributed by atoms with Gasteiger partial charge in [0.25, 0.3) is 0 Å². The molecule has 3 nitrogen and oxygen atoms in total. The summed E-state index contributed by atoms with van der Waals surface area (Å²) in [5.41, 5.74) is 2.15. The molecule has 116 valence electrons. The maximum atomic E-state index is 5.94. The first kappa shape index (κ1) is 15.5. The highest BCUT2D eigenvalue weighted by molar-refractivity contribution is 9.09. The Morgan fingerprint density at radius 3 is 2.45 bits per heavy atom. The molecule has 1 heterocycles. The molecule has 0 aliphatic carbocycles. The molecule has 4 heteroatoms. The van der Waals surface area contributed by atoms with Gasteiger partial charge in [0.15, 0.2) is 0 Å². The summed E-state index contributed by atoms with van der Waals surface area (Å²) in [6.07, 6.45) is 0.103. The predicted octanol–water partition coefficient (Wildman–Crippen LogP) is 4.25. The van der Waals surface area contributed by atoms with Gasteiger partial charge in [-0.15, -0.1) is 0 Å². The number of ether oxygens (including phenoxy) is 3. The molecular weight excluding hydrogens is 344 g/mol. The van der Waals surface area contributed by atoms with E-state index in [-0.39, 0.29) is 6.10 Å². The molecule has 1 aliphatic rings. The van der Waals surface area contributed by atoms with Crippen LogP contribution in [0.1, 0.15) is 18.1 Å². The van der Waals surface area contributed by atoms with E-state index in [4.69, 9.17) is 14.2 Å².